The Morgan fingerprint density at radius 1 is 1.30 bits per heavy atom. The zero-order valence-corrected chi connectivity index (χ0v) is 14.6. The molecule has 1 aromatic carbocycles. The van der Waals surface area contributed by atoms with Gasteiger partial charge in [0.1, 0.15) is 0 Å². The van der Waals surface area contributed by atoms with Gasteiger partial charge >= 0.3 is 0 Å². The van der Waals surface area contributed by atoms with Gasteiger partial charge < -0.3 is 10.2 Å². The highest BCUT2D eigenvalue weighted by Crippen LogP contribution is 2.24. The first kappa shape index (κ1) is 17.7. The van der Waals surface area contributed by atoms with Crippen molar-refractivity contribution in [2.75, 3.05) is 43.8 Å². The van der Waals surface area contributed by atoms with E-state index in [-0.39, 0.29) is 11.7 Å². The van der Waals surface area contributed by atoms with Crippen molar-refractivity contribution in [3.05, 3.63) is 29.8 Å². The van der Waals surface area contributed by atoms with Crippen LogP contribution in [0.15, 0.2) is 24.3 Å². The van der Waals surface area contributed by atoms with Gasteiger partial charge in [-0.2, -0.15) is 0 Å². The van der Waals surface area contributed by atoms with E-state index in [9.17, 15) is 13.2 Å². The van der Waals surface area contributed by atoms with E-state index in [1.807, 2.05) is 14.1 Å². The first-order valence-electron chi connectivity index (χ1n) is 7.93. The Morgan fingerprint density at radius 3 is 2.78 bits per heavy atom. The first-order chi connectivity index (χ1) is 10.9. The second kappa shape index (κ2) is 7.79. The fraction of sp³-hybridized carbons (Fsp3) is 0.562. The highest BCUT2D eigenvalue weighted by Gasteiger charge is 2.26. The molecule has 6 nitrogen and oxygen atoms in total. The minimum Gasteiger partial charge on any atom is -0.352 e. The molecule has 0 aromatic heterocycles. The number of nitrogens with one attached hydrogen (secondary N) is 1. The standard InChI is InChI=1S/C16H25N3O3S/c1-18(2)10-6-9-17-16(20)14-7-5-8-15(13-14)19-11-3-4-12-23(19,21)22/h5,7-8,13H,3-4,6,9-12H2,1-2H3,(H,17,20). The third-order valence-corrected chi connectivity index (χ3v) is 5.68. The molecule has 7 heteroatoms. The van der Waals surface area contributed by atoms with Crippen LogP contribution in [-0.4, -0.2) is 58.7 Å². The van der Waals surface area contributed by atoms with Crippen LogP contribution in [-0.2, 0) is 10.0 Å². The van der Waals surface area contributed by atoms with Gasteiger partial charge in [0.15, 0.2) is 0 Å². The lowest BCUT2D eigenvalue weighted by Gasteiger charge is -2.28. The number of nitrogens with zero attached hydrogens (tertiary/aromatic N) is 2. The molecule has 0 radical (unpaired) electrons. The van der Waals surface area contributed by atoms with E-state index in [4.69, 9.17) is 0 Å². The summed E-state index contributed by atoms with van der Waals surface area (Å²) in [5, 5.41) is 2.87. The molecule has 1 amide bonds. The van der Waals surface area contributed by atoms with E-state index in [1.54, 1.807) is 24.3 Å². The third-order valence-electron chi connectivity index (χ3n) is 3.81. The molecule has 23 heavy (non-hydrogen) atoms. The summed E-state index contributed by atoms with van der Waals surface area (Å²) in [6.07, 6.45) is 2.42. The normalized spacial score (nSPS) is 17.3. The van der Waals surface area contributed by atoms with Gasteiger partial charge in [-0.3, -0.25) is 9.10 Å². The molecule has 1 aliphatic heterocycles. The van der Waals surface area contributed by atoms with Crippen LogP contribution in [0.5, 0.6) is 0 Å². The van der Waals surface area contributed by atoms with Gasteiger partial charge in [-0.15, -0.1) is 0 Å². The number of benzene rings is 1. The largest absolute Gasteiger partial charge is 0.352 e. The summed E-state index contributed by atoms with van der Waals surface area (Å²) in [5.74, 6) is 0.00791. The van der Waals surface area contributed by atoms with Crippen molar-refractivity contribution >= 4 is 21.6 Å². The number of amides is 1. The van der Waals surface area contributed by atoms with Crippen LogP contribution >= 0.6 is 0 Å². The highest BCUT2D eigenvalue weighted by atomic mass is 32.2. The molecular weight excluding hydrogens is 314 g/mol. The lowest BCUT2D eigenvalue weighted by molar-refractivity contribution is 0.0952. The molecule has 1 saturated heterocycles. The van der Waals surface area contributed by atoms with Crippen molar-refractivity contribution < 1.29 is 13.2 Å². The summed E-state index contributed by atoms with van der Waals surface area (Å²) < 4.78 is 25.7. The molecule has 0 saturated carbocycles. The smallest absolute Gasteiger partial charge is 0.251 e. The second-order valence-corrected chi connectivity index (χ2v) is 8.07. The maximum atomic E-state index is 12.2. The molecule has 0 atom stereocenters. The van der Waals surface area contributed by atoms with Crippen LogP contribution in [0.2, 0.25) is 0 Å². The topological polar surface area (TPSA) is 69.7 Å². The van der Waals surface area contributed by atoms with Crippen LogP contribution in [0.3, 0.4) is 0 Å². The second-order valence-electron chi connectivity index (χ2n) is 6.06. The van der Waals surface area contributed by atoms with Gasteiger partial charge in [-0.05, 0) is 58.1 Å². The fourth-order valence-electron chi connectivity index (χ4n) is 2.58. The Balaban J connectivity index is 2.03. The number of anilines is 1. The zero-order chi connectivity index (χ0) is 16.9. The maximum absolute atomic E-state index is 12.2. The number of hydrogen-bond acceptors (Lipinski definition) is 4. The molecule has 0 unspecified atom stereocenters. The molecule has 1 fully saturated rings. The van der Waals surface area contributed by atoms with Gasteiger partial charge in [0, 0.05) is 18.7 Å². The molecule has 1 N–H and O–H groups in total. The quantitative estimate of drug-likeness (QED) is 0.793. The van der Waals surface area contributed by atoms with E-state index in [0.29, 0.717) is 30.8 Å². The van der Waals surface area contributed by atoms with Gasteiger partial charge in [0.05, 0.1) is 11.4 Å². The summed E-state index contributed by atoms with van der Waals surface area (Å²) >= 11 is 0. The minimum atomic E-state index is -3.25. The monoisotopic (exact) mass is 339 g/mol. The average Bonchev–Trinajstić information content (AvgIpc) is 2.51. The summed E-state index contributed by atoms with van der Waals surface area (Å²) in [5.41, 5.74) is 1.07. The average molecular weight is 339 g/mol. The van der Waals surface area contributed by atoms with E-state index in [0.717, 1.165) is 19.4 Å². The lowest BCUT2D eigenvalue weighted by atomic mass is 10.2. The summed E-state index contributed by atoms with van der Waals surface area (Å²) in [6, 6.07) is 6.84. The van der Waals surface area contributed by atoms with Gasteiger partial charge in [0.2, 0.25) is 10.0 Å². The van der Waals surface area contributed by atoms with Crippen LogP contribution in [0.4, 0.5) is 5.69 Å². The Labute approximate surface area is 138 Å². The van der Waals surface area contributed by atoms with Crippen molar-refractivity contribution in [2.45, 2.75) is 19.3 Å². The Bertz CT molecular complexity index is 644. The highest BCUT2D eigenvalue weighted by molar-refractivity contribution is 7.92. The van der Waals surface area contributed by atoms with Gasteiger partial charge in [-0.1, -0.05) is 6.07 Å². The van der Waals surface area contributed by atoms with Crippen molar-refractivity contribution in [3.8, 4) is 0 Å². The van der Waals surface area contributed by atoms with Crippen LogP contribution in [0.1, 0.15) is 29.6 Å². The van der Waals surface area contributed by atoms with Crippen molar-refractivity contribution in [1.82, 2.24) is 10.2 Å². The molecule has 0 bridgehead atoms. The lowest BCUT2D eigenvalue weighted by Crippen LogP contribution is -2.38. The number of carbonyl (C=O) groups is 1. The summed E-state index contributed by atoms with van der Waals surface area (Å²) in [4.78, 5) is 14.3. The molecule has 2 rings (SSSR count). The van der Waals surface area contributed by atoms with Gasteiger partial charge in [0.25, 0.3) is 5.91 Å². The van der Waals surface area contributed by atoms with Crippen molar-refractivity contribution in [1.29, 1.82) is 0 Å². The first-order valence-corrected chi connectivity index (χ1v) is 9.54. The number of hydrogen-bond donors (Lipinski definition) is 1. The van der Waals surface area contributed by atoms with Crippen molar-refractivity contribution in [2.24, 2.45) is 0 Å². The number of sulfonamides is 1. The van der Waals surface area contributed by atoms with Crippen LogP contribution < -0.4 is 9.62 Å². The Hall–Kier alpha value is -1.60. The van der Waals surface area contributed by atoms with Crippen LogP contribution in [0.25, 0.3) is 0 Å². The Morgan fingerprint density at radius 2 is 2.09 bits per heavy atom. The molecular formula is C16H25N3O3S. The van der Waals surface area contributed by atoms with Gasteiger partial charge in [-0.25, -0.2) is 8.42 Å². The SMILES string of the molecule is CN(C)CCCNC(=O)c1cccc(N2CCCCS2(=O)=O)c1. The maximum Gasteiger partial charge on any atom is 0.251 e. The number of carbonyl (C=O) groups excluding carboxylic acids is 1. The molecule has 0 aliphatic carbocycles. The summed E-state index contributed by atoms with van der Waals surface area (Å²) in [7, 11) is 0.727. The zero-order valence-electron chi connectivity index (χ0n) is 13.8. The molecule has 1 heterocycles. The van der Waals surface area contributed by atoms with Crippen molar-refractivity contribution in [3.63, 3.8) is 0 Å². The van der Waals surface area contributed by atoms with E-state index < -0.39 is 10.0 Å². The fourth-order valence-corrected chi connectivity index (χ4v) is 4.21. The summed E-state index contributed by atoms with van der Waals surface area (Å²) in [6.45, 7) is 1.99. The Kier molecular flexibility index (Phi) is 6.01. The van der Waals surface area contributed by atoms with E-state index in [1.165, 1.54) is 4.31 Å². The molecule has 128 valence electrons. The molecule has 1 aliphatic rings. The third kappa shape index (κ3) is 4.94. The van der Waals surface area contributed by atoms with E-state index >= 15 is 0 Å². The number of rotatable bonds is 6. The van der Waals surface area contributed by atoms with E-state index in [2.05, 4.69) is 10.2 Å². The molecule has 1 aromatic rings. The predicted molar refractivity (Wildman–Crippen MR) is 92.3 cm³/mol. The minimum absolute atomic E-state index is 0.167. The predicted octanol–water partition coefficient (Wildman–Crippen LogP) is 1.30. The van der Waals surface area contributed by atoms with Crippen LogP contribution in [0, 0.1) is 0 Å². The molecule has 0 spiro atoms.